The largest absolute Gasteiger partial charge is 0.355 e. The average molecular weight is 378 g/mol. The van der Waals surface area contributed by atoms with E-state index < -0.39 is 5.92 Å². The minimum Gasteiger partial charge on any atom is -0.355 e. The molecule has 0 aliphatic carbocycles. The molecule has 0 aromatic carbocycles. The lowest BCUT2D eigenvalue weighted by Gasteiger charge is -2.38. The first-order chi connectivity index (χ1) is 12.8. The second-order valence-electron chi connectivity index (χ2n) is 7.57. The van der Waals surface area contributed by atoms with Crippen LogP contribution >= 0.6 is 0 Å². The van der Waals surface area contributed by atoms with Gasteiger partial charge in [0.15, 0.2) is 5.65 Å². The van der Waals surface area contributed by atoms with Gasteiger partial charge in [-0.15, -0.1) is 0 Å². The Morgan fingerprint density at radius 1 is 1.22 bits per heavy atom. The summed E-state index contributed by atoms with van der Waals surface area (Å²) in [5.74, 6) is -1.38. The van der Waals surface area contributed by atoms with Gasteiger partial charge in [0, 0.05) is 46.1 Å². The zero-order valence-electron chi connectivity index (χ0n) is 15.7. The zero-order valence-corrected chi connectivity index (χ0v) is 15.7. The Morgan fingerprint density at radius 3 is 2.70 bits per heavy atom. The first kappa shape index (κ1) is 18.1. The fraction of sp³-hybridized carbons (Fsp3) is 0.667. The summed E-state index contributed by atoms with van der Waals surface area (Å²) in [6.45, 7) is 3.48. The molecule has 4 rings (SSSR count). The topological polar surface area (TPSA) is 67.2 Å². The number of carbonyl (C=O) groups is 1. The molecule has 1 amide bonds. The van der Waals surface area contributed by atoms with Crippen molar-refractivity contribution in [2.24, 2.45) is 13.0 Å². The summed E-state index contributed by atoms with van der Waals surface area (Å²) in [5.41, 5.74) is 0.768. The van der Waals surface area contributed by atoms with Crippen molar-refractivity contribution in [1.82, 2.24) is 24.6 Å². The summed E-state index contributed by atoms with van der Waals surface area (Å²) < 4.78 is 28.5. The molecule has 0 radical (unpaired) electrons. The van der Waals surface area contributed by atoms with E-state index in [0.29, 0.717) is 12.4 Å². The third-order valence-corrected chi connectivity index (χ3v) is 5.56. The maximum Gasteiger partial charge on any atom is 0.251 e. The molecule has 7 nitrogen and oxygen atoms in total. The number of fused-ring (bicyclic) bond motifs is 1. The van der Waals surface area contributed by atoms with E-state index in [9.17, 15) is 13.6 Å². The van der Waals surface area contributed by atoms with E-state index in [4.69, 9.17) is 0 Å². The number of anilines is 1. The van der Waals surface area contributed by atoms with E-state index in [1.54, 1.807) is 15.8 Å². The highest BCUT2D eigenvalue weighted by Crippen LogP contribution is 2.31. The Kier molecular flexibility index (Phi) is 4.47. The standard InChI is InChI=1S/C18H24F2N6O/c1-12-22-15-14(10-21-24(15)2)16(23-12)26-7-3-4-13(11-26)17(27)25-8-5-18(19,20)6-9-25/h10,13H,3-9,11H2,1-2H3. The van der Waals surface area contributed by atoms with Crippen molar-refractivity contribution in [2.45, 2.75) is 38.5 Å². The lowest BCUT2D eigenvalue weighted by atomic mass is 9.95. The summed E-state index contributed by atoms with van der Waals surface area (Å²) in [6, 6.07) is 0. The summed E-state index contributed by atoms with van der Waals surface area (Å²) in [6.07, 6.45) is 2.92. The zero-order chi connectivity index (χ0) is 19.2. The number of aromatic nitrogens is 4. The van der Waals surface area contributed by atoms with Gasteiger partial charge in [0.25, 0.3) is 5.92 Å². The third-order valence-electron chi connectivity index (χ3n) is 5.56. The molecule has 0 bridgehead atoms. The van der Waals surface area contributed by atoms with Crippen LogP contribution in [0.1, 0.15) is 31.5 Å². The Balaban J connectivity index is 1.53. The number of hydrogen-bond donors (Lipinski definition) is 0. The van der Waals surface area contributed by atoms with Crippen LogP contribution in [0.3, 0.4) is 0 Å². The molecular formula is C18H24F2N6O. The van der Waals surface area contributed by atoms with Crippen molar-refractivity contribution in [3.63, 3.8) is 0 Å². The number of carbonyl (C=O) groups excluding carboxylic acids is 1. The number of halogens is 2. The number of aryl methyl sites for hydroxylation is 2. The molecule has 1 unspecified atom stereocenters. The maximum absolute atomic E-state index is 13.4. The van der Waals surface area contributed by atoms with Gasteiger partial charge in [-0.05, 0) is 19.8 Å². The molecule has 9 heteroatoms. The van der Waals surface area contributed by atoms with Crippen molar-refractivity contribution in [2.75, 3.05) is 31.1 Å². The SMILES string of the molecule is Cc1nc(N2CCCC(C(=O)N3CCC(F)(F)CC3)C2)c2cnn(C)c2n1. The van der Waals surface area contributed by atoms with Crippen molar-refractivity contribution >= 4 is 22.8 Å². The highest BCUT2D eigenvalue weighted by Gasteiger charge is 2.38. The number of likely N-dealkylation sites (tertiary alicyclic amines) is 1. The van der Waals surface area contributed by atoms with Crippen LogP contribution in [0.5, 0.6) is 0 Å². The van der Waals surface area contributed by atoms with E-state index in [2.05, 4.69) is 20.0 Å². The predicted octanol–water partition coefficient (Wildman–Crippen LogP) is 2.15. The summed E-state index contributed by atoms with van der Waals surface area (Å²) in [5, 5.41) is 5.14. The monoisotopic (exact) mass is 378 g/mol. The van der Waals surface area contributed by atoms with Gasteiger partial charge in [0.05, 0.1) is 17.5 Å². The molecule has 2 aliphatic rings. The summed E-state index contributed by atoms with van der Waals surface area (Å²) >= 11 is 0. The van der Waals surface area contributed by atoms with Gasteiger partial charge in [-0.3, -0.25) is 9.48 Å². The van der Waals surface area contributed by atoms with Crippen molar-refractivity contribution in [3.8, 4) is 0 Å². The van der Waals surface area contributed by atoms with Crippen LogP contribution in [-0.4, -0.2) is 62.7 Å². The molecule has 27 heavy (non-hydrogen) atoms. The molecule has 1 atom stereocenters. The number of rotatable bonds is 2. The Labute approximate surface area is 156 Å². The number of amides is 1. The Bertz CT molecular complexity index is 857. The number of hydrogen-bond acceptors (Lipinski definition) is 5. The van der Waals surface area contributed by atoms with Crippen LogP contribution < -0.4 is 4.90 Å². The molecular weight excluding hydrogens is 354 g/mol. The van der Waals surface area contributed by atoms with Crippen LogP contribution in [0.15, 0.2) is 6.20 Å². The quantitative estimate of drug-likeness (QED) is 0.801. The van der Waals surface area contributed by atoms with Gasteiger partial charge in [-0.25, -0.2) is 18.7 Å². The Hall–Kier alpha value is -2.32. The van der Waals surface area contributed by atoms with Crippen LogP contribution in [0.4, 0.5) is 14.6 Å². The molecule has 2 aliphatic heterocycles. The molecule has 2 saturated heterocycles. The van der Waals surface area contributed by atoms with E-state index >= 15 is 0 Å². The highest BCUT2D eigenvalue weighted by atomic mass is 19.3. The minimum atomic E-state index is -2.64. The molecule has 0 spiro atoms. The fourth-order valence-corrected chi connectivity index (χ4v) is 4.04. The number of alkyl halides is 2. The third kappa shape index (κ3) is 3.46. The first-order valence-corrected chi connectivity index (χ1v) is 9.42. The highest BCUT2D eigenvalue weighted by molar-refractivity contribution is 5.87. The number of piperidine rings is 2. The van der Waals surface area contributed by atoms with Crippen LogP contribution in [0, 0.1) is 12.8 Å². The second kappa shape index (κ2) is 6.69. The van der Waals surface area contributed by atoms with E-state index in [-0.39, 0.29) is 37.8 Å². The van der Waals surface area contributed by atoms with Gasteiger partial charge in [0.2, 0.25) is 5.91 Å². The van der Waals surface area contributed by atoms with E-state index in [1.165, 1.54) is 0 Å². The summed E-state index contributed by atoms with van der Waals surface area (Å²) in [4.78, 5) is 25.7. The number of nitrogens with zero attached hydrogens (tertiary/aromatic N) is 6. The van der Waals surface area contributed by atoms with Crippen molar-refractivity contribution in [1.29, 1.82) is 0 Å². The predicted molar refractivity (Wildman–Crippen MR) is 96.7 cm³/mol. The first-order valence-electron chi connectivity index (χ1n) is 9.42. The molecule has 4 heterocycles. The lowest BCUT2D eigenvalue weighted by Crippen LogP contribution is -2.49. The van der Waals surface area contributed by atoms with Crippen molar-refractivity contribution in [3.05, 3.63) is 12.0 Å². The second-order valence-corrected chi connectivity index (χ2v) is 7.57. The minimum absolute atomic E-state index is 0.0107. The van der Waals surface area contributed by atoms with E-state index in [1.807, 2.05) is 14.0 Å². The summed E-state index contributed by atoms with van der Waals surface area (Å²) in [7, 11) is 1.84. The maximum atomic E-state index is 13.4. The molecule has 2 fully saturated rings. The van der Waals surface area contributed by atoms with Crippen LogP contribution in [0.25, 0.3) is 11.0 Å². The van der Waals surface area contributed by atoms with Gasteiger partial charge in [-0.1, -0.05) is 0 Å². The smallest absolute Gasteiger partial charge is 0.251 e. The van der Waals surface area contributed by atoms with Gasteiger partial charge in [-0.2, -0.15) is 5.10 Å². The van der Waals surface area contributed by atoms with Crippen LogP contribution in [0.2, 0.25) is 0 Å². The Morgan fingerprint density at radius 2 is 1.96 bits per heavy atom. The van der Waals surface area contributed by atoms with Crippen molar-refractivity contribution < 1.29 is 13.6 Å². The van der Waals surface area contributed by atoms with Gasteiger partial charge in [0.1, 0.15) is 11.6 Å². The molecule has 2 aromatic rings. The average Bonchev–Trinajstić information content (AvgIpc) is 3.01. The lowest BCUT2D eigenvalue weighted by molar-refractivity contribution is -0.141. The van der Waals surface area contributed by atoms with E-state index in [0.717, 1.165) is 36.2 Å². The van der Waals surface area contributed by atoms with Crippen LogP contribution in [-0.2, 0) is 11.8 Å². The van der Waals surface area contributed by atoms with Gasteiger partial charge >= 0.3 is 0 Å². The molecule has 2 aromatic heterocycles. The van der Waals surface area contributed by atoms with Gasteiger partial charge < -0.3 is 9.80 Å². The normalized spacial score (nSPS) is 23.0. The molecule has 0 N–H and O–H groups in total. The molecule has 146 valence electrons. The molecule has 0 saturated carbocycles. The fourth-order valence-electron chi connectivity index (χ4n) is 4.04.